The average molecular weight is 624 g/mol. The van der Waals surface area contributed by atoms with E-state index in [1.807, 2.05) is 6.92 Å². The molecule has 2 aliphatic heterocycles. The van der Waals surface area contributed by atoms with Crippen molar-refractivity contribution >= 4 is 35.5 Å². The number of imidazole rings is 1. The van der Waals surface area contributed by atoms with E-state index in [9.17, 15) is 24.7 Å². The van der Waals surface area contributed by atoms with Gasteiger partial charge in [-0.25, -0.2) is 19.7 Å². The summed E-state index contributed by atoms with van der Waals surface area (Å²) in [5.74, 6) is 5.81. The Kier molecular flexibility index (Phi) is 9.18. The molecule has 5 heterocycles. The maximum Gasteiger partial charge on any atom is 0.330 e. The Bertz CT molecular complexity index is 1670. The van der Waals surface area contributed by atoms with E-state index in [2.05, 4.69) is 31.8 Å². The zero-order chi connectivity index (χ0) is 30.0. The number of aromatic nitrogens is 6. The molecule has 0 spiro atoms. The summed E-state index contributed by atoms with van der Waals surface area (Å²) in [6.45, 7) is -2.79. The quantitative estimate of drug-likeness (QED) is 0.152. The van der Waals surface area contributed by atoms with Crippen molar-refractivity contribution < 1.29 is 33.6 Å². The normalized spacial score (nSPS) is 27.1. The van der Waals surface area contributed by atoms with Crippen molar-refractivity contribution in [3.8, 4) is 11.8 Å². The summed E-state index contributed by atoms with van der Waals surface area (Å²) in [6, 6.07) is 0. The molecule has 1 unspecified atom stereocenters. The highest BCUT2D eigenvalue weighted by Crippen LogP contribution is 2.49. The number of nitrogens with two attached hydrogens (primary N) is 1. The summed E-state index contributed by atoms with van der Waals surface area (Å²) >= 11 is 5.19. The molecular weight excluding hydrogens is 593 g/mol. The Morgan fingerprint density at radius 3 is 2.74 bits per heavy atom. The molecule has 0 aromatic carbocycles. The second-order valence-corrected chi connectivity index (χ2v) is 12.5. The van der Waals surface area contributed by atoms with Crippen LogP contribution in [0.1, 0.15) is 50.6 Å². The van der Waals surface area contributed by atoms with Crippen molar-refractivity contribution in [3.05, 3.63) is 45.3 Å². The highest BCUT2D eigenvalue weighted by atomic mass is 32.5. The molecule has 7 atom stereocenters. The van der Waals surface area contributed by atoms with Crippen LogP contribution in [0.15, 0.2) is 28.4 Å². The molecule has 226 valence electrons. The number of nitrogens with one attached hydrogen (secondary N) is 1. The van der Waals surface area contributed by atoms with E-state index in [1.54, 1.807) is 4.57 Å². The first-order valence-electron chi connectivity index (χ1n) is 13.1. The molecular formula is C24H30N7O9PS. The molecule has 5 rings (SSSR count). The third-order valence-corrected chi connectivity index (χ3v) is 8.40. The third-order valence-electron chi connectivity index (χ3n) is 6.81. The van der Waals surface area contributed by atoms with Gasteiger partial charge in [0.15, 0.2) is 11.5 Å². The second kappa shape index (κ2) is 12.7. The van der Waals surface area contributed by atoms with Gasteiger partial charge in [-0.1, -0.05) is 18.8 Å². The average Bonchev–Trinajstić information content (AvgIpc) is 3.65. The Morgan fingerprint density at radius 1 is 1.21 bits per heavy atom. The molecule has 0 amide bonds. The molecule has 0 saturated carbocycles. The van der Waals surface area contributed by atoms with Crippen molar-refractivity contribution in [1.82, 2.24) is 29.1 Å². The van der Waals surface area contributed by atoms with E-state index in [-0.39, 0.29) is 30.8 Å². The van der Waals surface area contributed by atoms with Crippen molar-refractivity contribution in [2.75, 3.05) is 18.9 Å². The largest absolute Gasteiger partial charge is 0.394 e. The Labute approximate surface area is 243 Å². The van der Waals surface area contributed by atoms with Gasteiger partial charge in [-0.2, -0.15) is 0 Å². The first-order chi connectivity index (χ1) is 20.1. The molecule has 0 bridgehead atoms. The number of unbranched alkanes of at least 4 members (excludes halogenated alkanes) is 1. The fourth-order valence-corrected chi connectivity index (χ4v) is 6.18. The first-order valence-corrected chi connectivity index (χ1v) is 15.7. The number of aromatic amines is 1. The molecule has 16 nitrogen and oxygen atoms in total. The number of ether oxygens (including phenoxy) is 2. The summed E-state index contributed by atoms with van der Waals surface area (Å²) in [6.07, 6.45) is 0.326. The van der Waals surface area contributed by atoms with Gasteiger partial charge in [-0.05, 0) is 18.2 Å². The minimum atomic E-state index is -3.94. The molecule has 42 heavy (non-hydrogen) atoms. The van der Waals surface area contributed by atoms with Crippen LogP contribution in [0.25, 0.3) is 11.2 Å². The van der Waals surface area contributed by atoms with E-state index in [0.717, 1.165) is 11.0 Å². The molecule has 0 radical (unpaired) electrons. The van der Waals surface area contributed by atoms with Crippen LogP contribution in [0.2, 0.25) is 0 Å². The topological polar surface area (TPSA) is 222 Å². The lowest BCUT2D eigenvalue weighted by Crippen LogP contribution is -2.33. The number of nitrogens with zero attached hydrogens (tertiary/aromatic N) is 5. The van der Waals surface area contributed by atoms with Gasteiger partial charge >= 0.3 is 12.4 Å². The van der Waals surface area contributed by atoms with E-state index in [1.165, 1.54) is 18.9 Å². The lowest BCUT2D eigenvalue weighted by atomic mass is 10.2. The number of nitrogen functional groups attached to an aromatic ring is 1. The minimum Gasteiger partial charge on any atom is -0.394 e. The first kappa shape index (κ1) is 30.4. The molecule has 2 fully saturated rings. The predicted octanol–water partition coefficient (Wildman–Crippen LogP) is -0.343. The van der Waals surface area contributed by atoms with Gasteiger partial charge < -0.3 is 39.4 Å². The summed E-state index contributed by atoms with van der Waals surface area (Å²) in [5.41, 5.74) is 5.40. The summed E-state index contributed by atoms with van der Waals surface area (Å²) < 4.78 is 25.6. The van der Waals surface area contributed by atoms with Crippen LogP contribution in [0.5, 0.6) is 0 Å². The van der Waals surface area contributed by atoms with Crippen molar-refractivity contribution in [1.29, 1.82) is 0 Å². The maximum absolute atomic E-state index is 12.5. The van der Waals surface area contributed by atoms with Gasteiger partial charge in [-0.15, -0.1) is 0 Å². The van der Waals surface area contributed by atoms with Gasteiger partial charge in [0.05, 0.1) is 31.7 Å². The van der Waals surface area contributed by atoms with Crippen LogP contribution in [0, 0.1) is 11.8 Å². The summed E-state index contributed by atoms with van der Waals surface area (Å²) in [4.78, 5) is 50.0. The molecule has 6 N–H and O–H groups in total. The number of aliphatic hydroxyl groups is 2. The number of anilines is 1. The number of hydrogen-bond acceptors (Lipinski definition) is 13. The van der Waals surface area contributed by atoms with E-state index in [0.29, 0.717) is 17.6 Å². The minimum absolute atomic E-state index is 0.00460. The molecule has 3 aromatic heterocycles. The second-order valence-electron chi connectivity index (χ2n) is 9.73. The van der Waals surface area contributed by atoms with E-state index in [4.69, 9.17) is 36.1 Å². The Hall–Kier alpha value is -3.04. The van der Waals surface area contributed by atoms with Crippen LogP contribution in [0.4, 0.5) is 5.82 Å². The fraction of sp³-hybridized carbons (Fsp3) is 0.542. The van der Waals surface area contributed by atoms with Crippen LogP contribution in [-0.4, -0.2) is 81.8 Å². The molecule has 18 heteroatoms. The van der Waals surface area contributed by atoms with Crippen molar-refractivity contribution in [3.63, 3.8) is 0 Å². The Balaban J connectivity index is 1.22. The maximum atomic E-state index is 12.5. The number of H-pyrrole nitrogens is 1. The van der Waals surface area contributed by atoms with Crippen molar-refractivity contribution in [2.24, 2.45) is 0 Å². The van der Waals surface area contributed by atoms with Crippen LogP contribution >= 0.6 is 6.72 Å². The third kappa shape index (κ3) is 6.47. The summed E-state index contributed by atoms with van der Waals surface area (Å²) in [5, 5.41) is 20.4. The van der Waals surface area contributed by atoms with Gasteiger partial charge in [0.25, 0.3) is 5.56 Å². The standard InChI is InChI=1S/C24H30N7O9PS/c1-2-3-4-5-13-8-30(24(35)29-23(13)34)19-7-15(16(9-32)38-19)40-41(36,42)37-10-17-14(33)6-18(39-17)31-12-28-20-21(25)26-11-27-22(20)31/h8,11-12,14-19,32-33H,2-3,6-7,9-10H2,1H3,(H,36,42)(H2,25,26,27)(H,29,34,35)/t14-,15-,16+,17+,18+,19+,41?/m0/s1. The van der Waals surface area contributed by atoms with Crippen LogP contribution in [-0.2, 0) is 30.3 Å². The monoisotopic (exact) mass is 623 g/mol. The molecule has 2 aliphatic rings. The van der Waals surface area contributed by atoms with Gasteiger partial charge in [0.1, 0.15) is 42.1 Å². The SMILES string of the molecule is CCCC#Cc1cn([C@H]2C[C@H](OP(O)(=S)OC[C@H]3O[C@@H](n4cnc5c(N)ncnc54)C[C@@H]3O)[C@@H](CO)O2)c(=O)[nH]c1=O. The van der Waals surface area contributed by atoms with Gasteiger partial charge in [-0.3, -0.25) is 18.9 Å². The van der Waals surface area contributed by atoms with Gasteiger partial charge in [0, 0.05) is 25.5 Å². The molecule has 0 aliphatic carbocycles. The van der Waals surface area contributed by atoms with E-state index >= 15 is 0 Å². The zero-order valence-corrected chi connectivity index (χ0v) is 24.1. The number of fused-ring (bicyclic) bond motifs is 1. The molecule has 3 aromatic rings. The van der Waals surface area contributed by atoms with E-state index < -0.39 is 61.4 Å². The van der Waals surface area contributed by atoms with Crippen LogP contribution < -0.4 is 17.0 Å². The molecule has 2 saturated heterocycles. The van der Waals surface area contributed by atoms with Crippen LogP contribution in [0.3, 0.4) is 0 Å². The lowest BCUT2D eigenvalue weighted by molar-refractivity contribution is -0.0519. The Morgan fingerprint density at radius 2 is 1.98 bits per heavy atom. The summed E-state index contributed by atoms with van der Waals surface area (Å²) in [7, 11) is 0. The number of rotatable bonds is 9. The number of hydrogen-bond donors (Lipinski definition) is 5. The smallest absolute Gasteiger partial charge is 0.330 e. The highest BCUT2D eigenvalue weighted by molar-refractivity contribution is 8.07. The lowest BCUT2D eigenvalue weighted by Gasteiger charge is -2.24. The highest BCUT2D eigenvalue weighted by Gasteiger charge is 2.42. The van der Waals surface area contributed by atoms with Crippen molar-refractivity contribution in [2.45, 2.75) is 69.5 Å². The zero-order valence-electron chi connectivity index (χ0n) is 22.4. The fourth-order valence-electron chi connectivity index (χ4n) is 4.70. The van der Waals surface area contributed by atoms with Gasteiger partial charge in [0.2, 0.25) is 0 Å². The number of aliphatic hydroxyl groups excluding tert-OH is 2. The predicted molar refractivity (Wildman–Crippen MR) is 150 cm³/mol.